The maximum absolute atomic E-state index is 13.6. The lowest BCUT2D eigenvalue weighted by molar-refractivity contribution is 0.0115. The second kappa shape index (κ2) is 8.57. The number of rotatable bonds is 5. The van der Waals surface area contributed by atoms with Crippen molar-refractivity contribution in [3.8, 4) is 33.0 Å². The van der Waals surface area contributed by atoms with Crippen molar-refractivity contribution in [1.82, 2.24) is 30.0 Å². The van der Waals surface area contributed by atoms with Gasteiger partial charge in [0, 0.05) is 64.9 Å². The number of fused-ring (bicyclic) bond motifs is 2. The molecule has 0 unspecified atom stereocenters. The molecule has 1 fully saturated rings. The molecule has 6 heterocycles. The Kier molecular flexibility index (Phi) is 5.16. The fraction of sp³-hybridized carbons (Fsp3) is 0.179. The number of thiophene rings is 1. The Morgan fingerprint density at radius 3 is 2.70 bits per heavy atom. The monoisotopic (exact) mass is 512 g/mol. The molecule has 2 N–H and O–H groups in total. The van der Waals surface area contributed by atoms with Crippen molar-refractivity contribution < 1.29 is 8.78 Å². The van der Waals surface area contributed by atoms with Gasteiger partial charge in [-0.05, 0) is 46.8 Å². The van der Waals surface area contributed by atoms with Crippen molar-refractivity contribution in [1.29, 1.82) is 0 Å². The van der Waals surface area contributed by atoms with Crippen molar-refractivity contribution in [2.24, 2.45) is 0 Å². The lowest BCUT2D eigenvalue weighted by Crippen LogP contribution is -2.24. The third-order valence-electron chi connectivity index (χ3n) is 6.93. The number of aromatic amines is 2. The molecule has 1 aliphatic heterocycles. The van der Waals surface area contributed by atoms with E-state index in [2.05, 4.69) is 48.7 Å². The van der Waals surface area contributed by atoms with Crippen LogP contribution in [0.1, 0.15) is 12.0 Å². The summed E-state index contributed by atoms with van der Waals surface area (Å²) < 4.78 is 27.3. The Balaban J connectivity index is 1.24. The SMILES string of the molecule is FC1(F)CCN(Cc2cncc(-c3ccc4[nH]nc(-c5cc6c(-c7cccs7)cncc6[nH]5)c4c3)c2)C1. The highest BCUT2D eigenvalue weighted by Gasteiger charge is 2.37. The van der Waals surface area contributed by atoms with Gasteiger partial charge in [-0.25, -0.2) is 8.78 Å². The molecule has 0 saturated carbocycles. The third-order valence-corrected chi connectivity index (χ3v) is 7.84. The van der Waals surface area contributed by atoms with Gasteiger partial charge in [-0.15, -0.1) is 11.3 Å². The number of likely N-dealkylation sites (tertiary alicyclic amines) is 1. The lowest BCUT2D eigenvalue weighted by atomic mass is 10.0. The molecule has 0 atom stereocenters. The Morgan fingerprint density at radius 2 is 1.86 bits per heavy atom. The molecule has 0 aliphatic carbocycles. The summed E-state index contributed by atoms with van der Waals surface area (Å²) in [6, 6.07) is 14.4. The molecule has 184 valence electrons. The summed E-state index contributed by atoms with van der Waals surface area (Å²) in [4.78, 5) is 15.3. The first kappa shape index (κ1) is 22.3. The Bertz CT molecular complexity index is 1740. The van der Waals surface area contributed by atoms with Gasteiger partial charge in [-0.1, -0.05) is 12.1 Å². The molecule has 37 heavy (non-hydrogen) atoms. The highest BCUT2D eigenvalue weighted by atomic mass is 32.1. The van der Waals surface area contributed by atoms with Crippen molar-refractivity contribution >= 4 is 33.1 Å². The number of hydrogen-bond donors (Lipinski definition) is 2. The molecular formula is C28H22F2N6S. The van der Waals surface area contributed by atoms with Crippen LogP contribution in [0.15, 0.2) is 72.6 Å². The molecule has 6 aromatic rings. The van der Waals surface area contributed by atoms with E-state index < -0.39 is 5.92 Å². The number of alkyl halides is 2. The molecule has 7 rings (SSSR count). The number of nitrogens with one attached hydrogen (secondary N) is 2. The van der Waals surface area contributed by atoms with Crippen LogP contribution in [-0.4, -0.2) is 49.1 Å². The van der Waals surface area contributed by atoms with Crippen molar-refractivity contribution in [3.63, 3.8) is 0 Å². The van der Waals surface area contributed by atoms with Gasteiger partial charge >= 0.3 is 0 Å². The summed E-state index contributed by atoms with van der Waals surface area (Å²) in [5.41, 5.74) is 7.57. The number of H-pyrrole nitrogens is 2. The van der Waals surface area contributed by atoms with Crippen LogP contribution >= 0.6 is 11.3 Å². The van der Waals surface area contributed by atoms with Crippen LogP contribution in [0.25, 0.3) is 54.8 Å². The largest absolute Gasteiger partial charge is 0.352 e. The quantitative estimate of drug-likeness (QED) is 0.268. The topological polar surface area (TPSA) is 73.5 Å². The van der Waals surface area contributed by atoms with E-state index in [1.54, 1.807) is 22.4 Å². The summed E-state index contributed by atoms with van der Waals surface area (Å²) in [5, 5.41) is 11.9. The first-order valence-corrected chi connectivity index (χ1v) is 12.9. The van der Waals surface area contributed by atoms with E-state index in [1.165, 1.54) is 4.88 Å². The van der Waals surface area contributed by atoms with E-state index >= 15 is 0 Å². The van der Waals surface area contributed by atoms with Crippen LogP contribution in [0, 0.1) is 0 Å². The summed E-state index contributed by atoms with van der Waals surface area (Å²) in [5.74, 6) is -2.60. The number of benzene rings is 1. The standard InChI is InChI=1S/C28H22F2N6S/c29-28(30)5-6-36(16-28)15-17-8-19(12-31-11-17)18-3-4-23-21(9-18)27(35-34-23)24-10-20-22(26-2-1-7-37-26)13-32-14-25(20)33-24/h1-4,7-14,33H,5-6,15-16H2,(H,34,35). The molecule has 6 nitrogen and oxygen atoms in total. The summed E-state index contributed by atoms with van der Waals surface area (Å²) in [6.07, 6.45) is 7.22. The fourth-order valence-electron chi connectivity index (χ4n) is 5.14. The molecule has 1 aliphatic rings. The summed E-state index contributed by atoms with van der Waals surface area (Å²) in [7, 11) is 0. The second-order valence-corrected chi connectivity index (χ2v) is 10.5. The predicted octanol–water partition coefficient (Wildman–Crippen LogP) is 6.74. The average molecular weight is 513 g/mol. The van der Waals surface area contributed by atoms with Gasteiger partial charge in [0.25, 0.3) is 5.92 Å². The maximum Gasteiger partial charge on any atom is 0.261 e. The van der Waals surface area contributed by atoms with Crippen LogP contribution in [-0.2, 0) is 6.54 Å². The Hall–Kier alpha value is -3.95. The molecule has 9 heteroatoms. The van der Waals surface area contributed by atoms with E-state index in [4.69, 9.17) is 0 Å². The summed E-state index contributed by atoms with van der Waals surface area (Å²) in [6.45, 7) is 0.664. The minimum Gasteiger partial charge on any atom is -0.352 e. The molecule has 0 bridgehead atoms. The minimum atomic E-state index is -2.60. The zero-order chi connectivity index (χ0) is 25.0. The van der Waals surface area contributed by atoms with E-state index in [0.717, 1.165) is 55.4 Å². The fourth-order valence-corrected chi connectivity index (χ4v) is 5.89. The molecule has 0 radical (unpaired) electrons. The normalized spacial score (nSPS) is 15.7. The van der Waals surface area contributed by atoms with Crippen LogP contribution in [0.2, 0.25) is 0 Å². The van der Waals surface area contributed by atoms with Gasteiger partial charge in [0.15, 0.2) is 0 Å². The van der Waals surface area contributed by atoms with Gasteiger partial charge in [-0.3, -0.25) is 20.0 Å². The van der Waals surface area contributed by atoms with E-state index in [9.17, 15) is 8.78 Å². The first-order valence-electron chi connectivity index (χ1n) is 12.1. The molecule has 1 aromatic carbocycles. The van der Waals surface area contributed by atoms with Crippen molar-refractivity contribution in [2.45, 2.75) is 18.9 Å². The highest BCUT2D eigenvalue weighted by molar-refractivity contribution is 7.13. The average Bonchev–Trinajstić information content (AvgIpc) is 3.69. The maximum atomic E-state index is 13.6. The molecule has 0 spiro atoms. The van der Waals surface area contributed by atoms with Crippen molar-refractivity contribution in [2.75, 3.05) is 13.1 Å². The number of hydrogen-bond acceptors (Lipinski definition) is 5. The number of nitrogens with zero attached hydrogens (tertiary/aromatic N) is 4. The van der Waals surface area contributed by atoms with Crippen molar-refractivity contribution in [3.05, 3.63) is 78.2 Å². The second-order valence-electron chi connectivity index (χ2n) is 9.54. The Labute approximate surface area is 215 Å². The molecule has 5 aromatic heterocycles. The molecular weight excluding hydrogens is 490 g/mol. The molecule has 0 amide bonds. The Morgan fingerprint density at radius 1 is 0.946 bits per heavy atom. The zero-order valence-corrected chi connectivity index (χ0v) is 20.5. The van der Waals surface area contributed by atoms with Crippen LogP contribution < -0.4 is 0 Å². The third kappa shape index (κ3) is 4.10. The highest BCUT2D eigenvalue weighted by Crippen LogP contribution is 2.36. The van der Waals surface area contributed by atoms with Gasteiger partial charge in [0.2, 0.25) is 0 Å². The summed E-state index contributed by atoms with van der Waals surface area (Å²) >= 11 is 1.69. The minimum absolute atomic E-state index is 0.0846. The van der Waals surface area contributed by atoms with Gasteiger partial charge < -0.3 is 4.98 Å². The van der Waals surface area contributed by atoms with Crippen LogP contribution in [0.3, 0.4) is 0 Å². The van der Waals surface area contributed by atoms with Crippen LogP contribution in [0.4, 0.5) is 8.78 Å². The van der Waals surface area contributed by atoms with E-state index in [1.807, 2.05) is 42.9 Å². The van der Waals surface area contributed by atoms with Gasteiger partial charge in [0.05, 0.1) is 29.5 Å². The van der Waals surface area contributed by atoms with Gasteiger partial charge in [0.1, 0.15) is 5.69 Å². The number of aromatic nitrogens is 5. The van der Waals surface area contributed by atoms with E-state index in [0.29, 0.717) is 13.1 Å². The van der Waals surface area contributed by atoms with Crippen LogP contribution in [0.5, 0.6) is 0 Å². The smallest absolute Gasteiger partial charge is 0.261 e. The zero-order valence-electron chi connectivity index (χ0n) is 19.7. The molecule has 1 saturated heterocycles. The lowest BCUT2D eigenvalue weighted by Gasteiger charge is -2.15. The van der Waals surface area contributed by atoms with E-state index in [-0.39, 0.29) is 13.0 Å². The first-order chi connectivity index (χ1) is 18.0. The predicted molar refractivity (Wildman–Crippen MR) is 143 cm³/mol. The number of halogens is 2. The van der Waals surface area contributed by atoms with Gasteiger partial charge in [-0.2, -0.15) is 5.10 Å². The number of pyridine rings is 2.